The minimum Gasteiger partial charge on any atom is -0.390 e. The highest BCUT2D eigenvalue weighted by Crippen LogP contribution is 2.19. The molecule has 1 rings (SSSR count). The first-order valence-electron chi connectivity index (χ1n) is 3.33. The lowest BCUT2D eigenvalue weighted by Gasteiger charge is -2.23. The van der Waals surface area contributed by atoms with Crippen LogP contribution >= 0.6 is 0 Å². The van der Waals surface area contributed by atoms with Gasteiger partial charge in [0, 0.05) is 0 Å². The van der Waals surface area contributed by atoms with Gasteiger partial charge in [-0.1, -0.05) is 12.8 Å². The Morgan fingerprint density at radius 2 is 1.89 bits per heavy atom. The second kappa shape index (κ2) is 3.15. The summed E-state index contributed by atoms with van der Waals surface area (Å²) in [5.74, 6) is 0. The van der Waals surface area contributed by atoms with E-state index in [4.69, 9.17) is 10.4 Å². The molecule has 1 aliphatic rings. The van der Waals surface area contributed by atoms with Crippen LogP contribution in [-0.4, -0.2) is 22.6 Å². The van der Waals surface area contributed by atoms with E-state index in [0.717, 1.165) is 25.7 Å². The van der Waals surface area contributed by atoms with Gasteiger partial charge in [0.05, 0.1) is 6.10 Å². The largest absolute Gasteiger partial charge is 0.390 e. The third-order valence-corrected chi connectivity index (χ3v) is 1.80. The van der Waals surface area contributed by atoms with E-state index in [1.165, 1.54) is 0 Å². The van der Waals surface area contributed by atoms with Crippen LogP contribution in [0.3, 0.4) is 0 Å². The highest BCUT2D eigenvalue weighted by Gasteiger charge is 2.23. The molecule has 0 bridgehead atoms. The van der Waals surface area contributed by atoms with Gasteiger partial charge >= 0.3 is 0 Å². The van der Waals surface area contributed by atoms with E-state index in [0.29, 0.717) is 0 Å². The summed E-state index contributed by atoms with van der Waals surface area (Å²) in [6.45, 7) is 0. The van der Waals surface area contributed by atoms with Crippen molar-refractivity contribution in [2.45, 2.75) is 37.9 Å². The molecule has 1 saturated carbocycles. The van der Waals surface area contributed by atoms with Gasteiger partial charge in [0.15, 0.2) is 0 Å². The quantitative estimate of drug-likeness (QED) is 0.409. The van der Waals surface area contributed by atoms with Gasteiger partial charge in [-0.05, 0) is 12.8 Å². The number of hydrogen-bond acceptors (Lipinski definition) is 3. The Hall–Kier alpha value is -0.120. The average Bonchev–Trinajstić information content (AvgIpc) is 1.89. The molecule has 3 nitrogen and oxygen atoms in total. The second-order valence-electron chi connectivity index (χ2n) is 2.50. The van der Waals surface area contributed by atoms with E-state index in [9.17, 15) is 0 Å². The molecule has 1 fully saturated rings. The standard InChI is InChI=1S/C6H12O3/c7-5-3-1-2-4-6(5)9-8/h5-8H,1-4H2/t5-,6-/m1/s1. The molecule has 0 amide bonds. The summed E-state index contributed by atoms with van der Waals surface area (Å²) in [5, 5.41) is 17.3. The summed E-state index contributed by atoms with van der Waals surface area (Å²) in [4.78, 5) is 4.05. The topological polar surface area (TPSA) is 49.7 Å². The summed E-state index contributed by atoms with van der Waals surface area (Å²) in [5.41, 5.74) is 0. The van der Waals surface area contributed by atoms with Gasteiger partial charge in [-0.25, -0.2) is 4.89 Å². The Labute approximate surface area is 54.2 Å². The first kappa shape index (κ1) is 6.99. The van der Waals surface area contributed by atoms with E-state index in [1.54, 1.807) is 0 Å². The molecule has 0 aromatic heterocycles. The molecule has 9 heavy (non-hydrogen) atoms. The van der Waals surface area contributed by atoms with Crippen LogP contribution in [-0.2, 0) is 4.89 Å². The summed E-state index contributed by atoms with van der Waals surface area (Å²) < 4.78 is 0. The predicted molar refractivity (Wildman–Crippen MR) is 32.0 cm³/mol. The number of rotatable bonds is 1. The van der Waals surface area contributed by atoms with Crippen molar-refractivity contribution in [3.05, 3.63) is 0 Å². The van der Waals surface area contributed by atoms with Gasteiger partial charge in [0.1, 0.15) is 6.10 Å². The molecule has 0 radical (unpaired) electrons. The minimum atomic E-state index is -0.455. The molecule has 0 aromatic carbocycles. The van der Waals surface area contributed by atoms with E-state index in [1.807, 2.05) is 0 Å². The number of aliphatic hydroxyl groups excluding tert-OH is 1. The lowest BCUT2D eigenvalue weighted by molar-refractivity contribution is -0.301. The van der Waals surface area contributed by atoms with Crippen LogP contribution in [0, 0.1) is 0 Å². The normalized spacial score (nSPS) is 36.7. The van der Waals surface area contributed by atoms with Crippen LogP contribution in [0.25, 0.3) is 0 Å². The van der Waals surface area contributed by atoms with Crippen LogP contribution in [0.1, 0.15) is 25.7 Å². The van der Waals surface area contributed by atoms with Gasteiger partial charge in [-0.15, -0.1) is 0 Å². The first-order chi connectivity index (χ1) is 4.34. The molecule has 1 aliphatic carbocycles. The lowest BCUT2D eigenvalue weighted by Crippen LogP contribution is -2.31. The lowest BCUT2D eigenvalue weighted by atomic mass is 9.95. The van der Waals surface area contributed by atoms with E-state index < -0.39 is 6.10 Å². The first-order valence-corrected chi connectivity index (χ1v) is 3.33. The third kappa shape index (κ3) is 1.64. The maximum atomic E-state index is 9.08. The van der Waals surface area contributed by atoms with Crippen LogP contribution < -0.4 is 0 Å². The van der Waals surface area contributed by atoms with Crippen molar-refractivity contribution >= 4 is 0 Å². The molecule has 3 heteroatoms. The van der Waals surface area contributed by atoms with Crippen LogP contribution in [0.2, 0.25) is 0 Å². The van der Waals surface area contributed by atoms with Crippen LogP contribution in [0.15, 0.2) is 0 Å². The minimum absolute atomic E-state index is 0.334. The molecule has 0 aliphatic heterocycles. The van der Waals surface area contributed by atoms with Crippen molar-refractivity contribution < 1.29 is 15.3 Å². The van der Waals surface area contributed by atoms with E-state index >= 15 is 0 Å². The van der Waals surface area contributed by atoms with Gasteiger partial charge in [-0.3, -0.25) is 5.26 Å². The summed E-state index contributed by atoms with van der Waals surface area (Å²) in [6.07, 6.45) is 2.83. The zero-order chi connectivity index (χ0) is 6.69. The van der Waals surface area contributed by atoms with E-state index in [-0.39, 0.29) is 6.10 Å². The predicted octanol–water partition coefficient (Wildman–Crippen LogP) is 0.780. The Kier molecular flexibility index (Phi) is 2.45. The Balaban J connectivity index is 2.30. The van der Waals surface area contributed by atoms with Gasteiger partial charge < -0.3 is 5.11 Å². The van der Waals surface area contributed by atoms with Crippen molar-refractivity contribution in [3.63, 3.8) is 0 Å². The Bertz CT molecular complexity index is 84.4. The third-order valence-electron chi connectivity index (χ3n) is 1.80. The molecular weight excluding hydrogens is 120 g/mol. The monoisotopic (exact) mass is 132 g/mol. The zero-order valence-electron chi connectivity index (χ0n) is 5.29. The fraction of sp³-hybridized carbons (Fsp3) is 1.00. The smallest absolute Gasteiger partial charge is 0.118 e. The SMILES string of the molecule is OO[C@@H]1CCCC[C@H]1O. The zero-order valence-corrected chi connectivity index (χ0v) is 5.29. The van der Waals surface area contributed by atoms with Crippen molar-refractivity contribution in [2.75, 3.05) is 0 Å². The molecule has 54 valence electrons. The van der Waals surface area contributed by atoms with Crippen molar-refractivity contribution in [1.82, 2.24) is 0 Å². The fourth-order valence-electron chi connectivity index (χ4n) is 1.20. The molecule has 2 N–H and O–H groups in total. The molecule has 0 unspecified atom stereocenters. The van der Waals surface area contributed by atoms with Crippen LogP contribution in [0.4, 0.5) is 0 Å². The van der Waals surface area contributed by atoms with Crippen LogP contribution in [0.5, 0.6) is 0 Å². The highest BCUT2D eigenvalue weighted by atomic mass is 17.1. The van der Waals surface area contributed by atoms with Gasteiger partial charge in [0.25, 0.3) is 0 Å². The van der Waals surface area contributed by atoms with Crippen molar-refractivity contribution in [2.24, 2.45) is 0 Å². The maximum Gasteiger partial charge on any atom is 0.118 e. The van der Waals surface area contributed by atoms with Gasteiger partial charge in [-0.2, -0.15) is 0 Å². The average molecular weight is 132 g/mol. The Morgan fingerprint density at radius 3 is 2.33 bits per heavy atom. The molecule has 0 saturated heterocycles. The molecule has 0 aromatic rings. The highest BCUT2D eigenvalue weighted by molar-refractivity contribution is 4.73. The molecule has 2 atom stereocenters. The Morgan fingerprint density at radius 1 is 1.22 bits per heavy atom. The fourth-order valence-corrected chi connectivity index (χ4v) is 1.20. The maximum absolute atomic E-state index is 9.08. The van der Waals surface area contributed by atoms with Crippen molar-refractivity contribution in [3.8, 4) is 0 Å². The summed E-state index contributed by atoms with van der Waals surface area (Å²) in [7, 11) is 0. The second-order valence-corrected chi connectivity index (χ2v) is 2.50. The summed E-state index contributed by atoms with van der Waals surface area (Å²) in [6, 6.07) is 0. The van der Waals surface area contributed by atoms with Gasteiger partial charge in [0.2, 0.25) is 0 Å². The van der Waals surface area contributed by atoms with Crippen molar-refractivity contribution in [1.29, 1.82) is 0 Å². The molecule has 0 spiro atoms. The summed E-state index contributed by atoms with van der Waals surface area (Å²) >= 11 is 0. The molecular formula is C6H12O3. The molecule has 0 heterocycles. The number of hydrogen-bond donors (Lipinski definition) is 2. The van der Waals surface area contributed by atoms with E-state index in [2.05, 4.69) is 4.89 Å². The number of aliphatic hydroxyl groups is 1.